The standard InChI is InChI=1S/C12H13N3O2/c1-16-10-4-3-8(5-11(10)17-2)9-6-15-12(13)7-14-9/h3-7H,1-2H3,(H2,13,15). The first-order chi connectivity index (χ1) is 8.24. The van der Waals surface area contributed by atoms with Gasteiger partial charge in [0, 0.05) is 5.56 Å². The monoisotopic (exact) mass is 231 g/mol. The Kier molecular flexibility index (Phi) is 3.09. The van der Waals surface area contributed by atoms with Gasteiger partial charge in [-0.25, -0.2) is 4.98 Å². The fraction of sp³-hybridized carbons (Fsp3) is 0.167. The number of anilines is 1. The molecule has 1 aromatic carbocycles. The van der Waals surface area contributed by atoms with Crippen LogP contribution >= 0.6 is 0 Å². The summed E-state index contributed by atoms with van der Waals surface area (Å²) in [6.45, 7) is 0. The lowest BCUT2D eigenvalue weighted by molar-refractivity contribution is 0.355. The van der Waals surface area contributed by atoms with Gasteiger partial charge in [0.2, 0.25) is 0 Å². The summed E-state index contributed by atoms with van der Waals surface area (Å²) in [6, 6.07) is 5.56. The van der Waals surface area contributed by atoms with Crippen molar-refractivity contribution in [2.24, 2.45) is 0 Å². The van der Waals surface area contributed by atoms with Crippen molar-refractivity contribution in [2.45, 2.75) is 0 Å². The molecule has 5 heteroatoms. The first-order valence-electron chi connectivity index (χ1n) is 5.04. The molecule has 0 aliphatic rings. The average Bonchev–Trinajstić information content (AvgIpc) is 2.39. The third-order valence-electron chi connectivity index (χ3n) is 2.35. The predicted octanol–water partition coefficient (Wildman–Crippen LogP) is 1.74. The molecular weight excluding hydrogens is 218 g/mol. The molecule has 0 amide bonds. The topological polar surface area (TPSA) is 70.3 Å². The Balaban J connectivity index is 2.42. The van der Waals surface area contributed by atoms with Crippen LogP contribution in [0.15, 0.2) is 30.6 Å². The molecule has 0 aliphatic heterocycles. The van der Waals surface area contributed by atoms with Crippen molar-refractivity contribution in [1.29, 1.82) is 0 Å². The molecule has 1 aromatic heterocycles. The van der Waals surface area contributed by atoms with Gasteiger partial charge >= 0.3 is 0 Å². The number of benzene rings is 1. The maximum absolute atomic E-state index is 5.49. The Morgan fingerprint density at radius 3 is 2.35 bits per heavy atom. The van der Waals surface area contributed by atoms with Gasteiger partial charge < -0.3 is 15.2 Å². The van der Waals surface area contributed by atoms with E-state index in [9.17, 15) is 0 Å². The summed E-state index contributed by atoms with van der Waals surface area (Å²) < 4.78 is 10.4. The van der Waals surface area contributed by atoms with Crippen molar-refractivity contribution in [3.05, 3.63) is 30.6 Å². The molecule has 0 saturated heterocycles. The Morgan fingerprint density at radius 2 is 1.76 bits per heavy atom. The van der Waals surface area contributed by atoms with Gasteiger partial charge in [-0.2, -0.15) is 0 Å². The van der Waals surface area contributed by atoms with Gasteiger partial charge in [-0.3, -0.25) is 4.98 Å². The number of nitrogen functional groups attached to an aromatic ring is 1. The van der Waals surface area contributed by atoms with E-state index in [4.69, 9.17) is 15.2 Å². The van der Waals surface area contributed by atoms with E-state index in [1.54, 1.807) is 20.4 Å². The molecule has 0 unspecified atom stereocenters. The average molecular weight is 231 g/mol. The minimum Gasteiger partial charge on any atom is -0.493 e. The second kappa shape index (κ2) is 4.69. The molecule has 2 aromatic rings. The lowest BCUT2D eigenvalue weighted by Crippen LogP contribution is -1.94. The van der Waals surface area contributed by atoms with Gasteiger partial charge in [0.1, 0.15) is 5.82 Å². The lowest BCUT2D eigenvalue weighted by atomic mass is 10.1. The Morgan fingerprint density at radius 1 is 1.00 bits per heavy atom. The highest BCUT2D eigenvalue weighted by Gasteiger charge is 2.07. The van der Waals surface area contributed by atoms with Gasteiger partial charge in [-0.1, -0.05) is 0 Å². The molecule has 88 valence electrons. The largest absolute Gasteiger partial charge is 0.493 e. The highest BCUT2D eigenvalue weighted by atomic mass is 16.5. The van der Waals surface area contributed by atoms with Crippen molar-refractivity contribution < 1.29 is 9.47 Å². The molecule has 17 heavy (non-hydrogen) atoms. The van der Waals surface area contributed by atoms with E-state index >= 15 is 0 Å². The van der Waals surface area contributed by atoms with Gasteiger partial charge in [0.05, 0.1) is 32.3 Å². The molecular formula is C12H13N3O2. The first kappa shape index (κ1) is 11.2. The summed E-state index contributed by atoms with van der Waals surface area (Å²) in [7, 11) is 3.19. The SMILES string of the molecule is COc1ccc(-c2cnc(N)cn2)cc1OC. The van der Waals surface area contributed by atoms with Crippen LogP contribution in [0.1, 0.15) is 0 Å². The second-order valence-electron chi connectivity index (χ2n) is 3.40. The summed E-state index contributed by atoms with van der Waals surface area (Å²) in [5.41, 5.74) is 7.12. The number of aromatic nitrogens is 2. The fourth-order valence-corrected chi connectivity index (χ4v) is 1.48. The van der Waals surface area contributed by atoms with E-state index in [0.29, 0.717) is 17.3 Å². The smallest absolute Gasteiger partial charge is 0.161 e. The minimum absolute atomic E-state index is 0.397. The van der Waals surface area contributed by atoms with Crippen molar-refractivity contribution in [3.8, 4) is 22.8 Å². The lowest BCUT2D eigenvalue weighted by Gasteiger charge is -2.09. The van der Waals surface area contributed by atoms with Crippen molar-refractivity contribution in [1.82, 2.24) is 9.97 Å². The zero-order valence-electron chi connectivity index (χ0n) is 9.68. The third kappa shape index (κ3) is 2.28. The van der Waals surface area contributed by atoms with E-state index in [1.165, 1.54) is 6.20 Å². The van der Waals surface area contributed by atoms with Crippen LogP contribution in [0.3, 0.4) is 0 Å². The normalized spacial score (nSPS) is 10.0. The van der Waals surface area contributed by atoms with Crippen LogP contribution in [0.5, 0.6) is 11.5 Å². The number of rotatable bonds is 3. The first-order valence-corrected chi connectivity index (χ1v) is 5.04. The number of methoxy groups -OCH3 is 2. The Bertz CT molecular complexity index is 512. The predicted molar refractivity (Wildman–Crippen MR) is 65.0 cm³/mol. The molecule has 0 spiro atoms. The van der Waals surface area contributed by atoms with Crippen LogP contribution in [0, 0.1) is 0 Å². The zero-order chi connectivity index (χ0) is 12.3. The molecule has 0 saturated carbocycles. The highest BCUT2D eigenvalue weighted by molar-refractivity contribution is 5.63. The Hall–Kier alpha value is -2.30. The van der Waals surface area contributed by atoms with E-state index in [2.05, 4.69) is 9.97 Å². The highest BCUT2D eigenvalue weighted by Crippen LogP contribution is 2.31. The van der Waals surface area contributed by atoms with Gasteiger partial charge in [-0.05, 0) is 18.2 Å². The molecule has 2 rings (SSSR count). The fourth-order valence-electron chi connectivity index (χ4n) is 1.48. The molecule has 0 radical (unpaired) electrons. The second-order valence-corrected chi connectivity index (χ2v) is 3.40. The maximum Gasteiger partial charge on any atom is 0.161 e. The zero-order valence-corrected chi connectivity index (χ0v) is 9.68. The molecule has 5 nitrogen and oxygen atoms in total. The quantitative estimate of drug-likeness (QED) is 0.871. The molecule has 2 N–H and O–H groups in total. The molecule has 0 fully saturated rings. The number of ether oxygens (including phenoxy) is 2. The summed E-state index contributed by atoms with van der Waals surface area (Å²) in [5, 5.41) is 0. The van der Waals surface area contributed by atoms with Crippen LogP contribution in [0.4, 0.5) is 5.82 Å². The summed E-state index contributed by atoms with van der Waals surface area (Å²) in [6.07, 6.45) is 3.14. The molecule has 0 aliphatic carbocycles. The van der Waals surface area contributed by atoms with Crippen molar-refractivity contribution in [2.75, 3.05) is 20.0 Å². The van der Waals surface area contributed by atoms with Crippen molar-refractivity contribution >= 4 is 5.82 Å². The summed E-state index contributed by atoms with van der Waals surface area (Å²) in [5.74, 6) is 1.73. The third-order valence-corrected chi connectivity index (χ3v) is 2.35. The molecule has 1 heterocycles. The minimum atomic E-state index is 0.397. The number of nitrogens with two attached hydrogens (primary N) is 1. The van der Waals surface area contributed by atoms with Crippen LogP contribution in [-0.2, 0) is 0 Å². The van der Waals surface area contributed by atoms with Crippen LogP contribution < -0.4 is 15.2 Å². The van der Waals surface area contributed by atoms with Crippen LogP contribution in [0.2, 0.25) is 0 Å². The van der Waals surface area contributed by atoms with Gasteiger partial charge in [0.15, 0.2) is 11.5 Å². The van der Waals surface area contributed by atoms with Crippen LogP contribution in [-0.4, -0.2) is 24.2 Å². The van der Waals surface area contributed by atoms with Crippen molar-refractivity contribution in [3.63, 3.8) is 0 Å². The number of nitrogens with zero attached hydrogens (tertiary/aromatic N) is 2. The number of hydrogen-bond donors (Lipinski definition) is 1. The van der Waals surface area contributed by atoms with Gasteiger partial charge in [0.25, 0.3) is 0 Å². The van der Waals surface area contributed by atoms with E-state index < -0.39 is 0 Å². The molecule has 0 bridgehead atoms. The Labute approximate surface area is 99.2 Å². The molecule has 0 atom stereocenters. The number of hydrogen-bond acceptors (Lipinski definition) is 5. The van der Waals surface area contributed by atoms with E-state index in [1.807, 2.05) is 18.2 Å². The van der Waals surface area contributed by atoms with Crippen LogP contribution in [0.25, 0.3) is 11.3 Å². The maximum atomic E-state index is 5.49. The van der Waals surface area contributed by atoms with E-state index in [0.717, 1.165) is 11.3 Å². The summed E-state index contributed by atoms with van der Waals surface area (Å²) >= 11 is 0. The summed E-state index contributed by atoms with van der Waals surface area (Å²) in [4.78, 5) is 8.19. The van der Waals surface area contributed by atoms with Gasteiger partial charge in [-0.15, -0.1) is 0 Å². The van der Waals surface area contributed by atoms with E-state index in [-0.39, 0.29) is 0 Å².